The molecule has 0 bridgehead atoms. The van der Waals surface area contributed by atoms with Crippen LogP contribution in [0.3, 0.4) is 0 Å². The largest absolute Gasteiger partial charge is 0.345 e. The number of nitrogens with two attached hydrogens (primary N) is 1. The molecule has 82 valence electrons. The highest BCUT2D eigenvalue weighted by Gasteiger charge is 2.14. The summed E-state index contributed by atoms with van der Waals surface area (Å²) < 4.78 is 13.3. The van der Waals surface area contributed by atoms with Gasteiger partial charge in [0.25, 0.3) is 5.91 Å². The van der Waals surface area contributed by atoms with Gasteiger partial charge in [0.15, 0.2) is 0 Å². The molecule has 3 nitrogen and oxygen atoms in total. The molecule has 0 heterocycles. The van der Waals surface area contributed by atoms with Gasteiger partial charge in [-0.25, -0.2) is 4.39 Å². The molecule has 0 spiro atoms. The van der Waals surface area contributed by atoms with E-state index >= 15 is 0 Å². The van der Waals surface area contributed by atoms with E-state index in [0.29, 0.717) is 5.56 Å². The van der Waals surface area contributed by atoms with Gasteiger partial charge in [0, 0.05) is 31.8 Å². The lowest BCUT2D eigenvalue weighted by Crippen LogP contribution is -2.22. The van der Waals surface area contributed by atoms with Crippen molar-refractivity contribution in [2.75, 3.05) is 14.1 Å². The summed E-state index contributed by atoms with van der Waals surface area (Å²) in [6.45, 7) is 0.0140. The van der Waals surface area contributed by atoms with Crippen LogP contribution in [0.5, 0.6) is 0 Å². The van der Waals surface area contributed by atoms with Gasteiger partial charge in [-0.15, -0.1) is 0 Å². The fraction of sp³-hybridized carbons (Fsp3) is 0.300. The van der Waals surface area contributed by atoms with E-state index in [2.05, 4.69) is 0 Å². The lowest BCUT2D eigenvalue weighted by molar-refractivity contribution is 0.0827. The second-order valence-corrected chi connectivity index (χ2v) is 3.74. The van der Waals surface area contributed by atoms with Crippen molar-refractivity contribution in [1.82, 2.24) is 4.90 Å². The Morgan fingerprint density at radius 2 is 2.13 bits per heavy atom. The molecule has 1 rings (SSSR count). The molecular formula is C10H12ClFN2O. The van der Waals surface area contributed by atoms with Crippen molar-refractivity contribution >= 4 is 17.5 Å². The minimum Gasteiger partial charge on any atom is -0.345 e. The molecule has 0 atom stereocenters. The number of amides is 1. The molecule has 1 aromatic carbocycles. The molecule has 1 aromatic rings. The minimum atomic E-state index is -0.561. The smallest absolute Gasteiger partial charge is 0.253 e. The molecule has 0 saturated carbocycles. The molecule has 0 aromatic heterocycles. The number of hydrogen-bond donors (Lipinski definition) is 1. The predicted molar refractivity (Wildman–Crippen MR) is 57.3 cm³/mol. The topological polar surface area (TPSA) is 46.3 Å². The van der Waals surface area contributed by atoms with Crippen LogP contribution in [-0.2, 0) is 6.54 Å². The summed E-state index contributed by atoms with van der Waals surface area (Å²) in [7, 11) is 3.23. The van der Waals surface area contributed by atoms with Gasteiger partial charge in [-0.1, -0.05) is 11.6 Å². The van der Waals surface area contributed by atoms with Crippen LogP contribution in [0, 0.1) is 5.82 Å². The zero-order valence-corrected chi connectivity index (χ0v) is 9.31. The lowest BCUT2D eigenvalue weighted by Gasteiger charge is -2.12. The van der Waals surface area contributed by atoms with Gasteiger partial charge in [0.1, 0.15) is 5.82 Å². The van der Waals surface area contributed by atoms with E-state index in [1.807, 2.05) is 0 Å². The van der Waals surface area contributed by atoms with E-state index in [1.54, 1.807) is 14.1 Å². The summed E-state index contributed by atoms with van der Waals surface area (Å²) in [5.74, 6) is -0.791. The normalized spacial score (nSPS) is 10.2. The molecule has 15 heavy (non-hydrogen) atoms. The number of hydrogen-bond acceptors (Lipinski definition) is 2. The van der Waals surface area contributed by atoms with E-state index in [9.17, 15) is 9.18 Å². The zero-order chi connectivity index (χ0) is 11.6. The number of halogens is 2. The quantitative estimate of drug-likeness (QED) is 0.840. The predicted octanol–water partition coefficient (Wildman–Crippen LogP) is 1.64. The monoisotopic (exact) mass is 230 g/mol. The average Bonchev–Trinajstić information content (AvgIpc) is 2.20. The molecule has 0 aliphatic rings. The molecule has 0 fully saturated rings. The Balaban J connectivity index is 3.22. The average molecular weight is 231 g/mol. The van der Waals surface area contributed by atoms with E-state index in [4.69, 9.17) is 17.3 Å². The van der Waals surface area contributed by atoms with Crippen molar-refractivity contribution in [3.05, 3.63) is 34.1 Å². The van der Waals surface area contributed by atoms with E-state index in [-0.39, 0.29) is 23.0 Å². The van der Waals surface area contributed by atoms with Crippen LogP contribution in [0.25, 0.3) is 0 Å². The third-order valence-electron chi connectivity index (χ3n) is 1.98. The molecule has 0 radical (unpaired) electrons. The third kappa shape index (κ3) is 2.46. The molecule has 0 unspecified atom stereocenters. The highest BCUT2D eigenvalue weighted by atomic mass is 35.5. The second-order valence-electron chi connectivity index (χ2n) is 3.33. The van der Waals surface area contributed by atoms with E-state index < -0.39 is 5.82 Å². The molecule has 2 N–H and O–H groups in total. The molecule has 5 heteroatoms. The number of benzene rings is 1. The first-order valence-electron chi connectivity index (χ1n) is 4.37. The SMILES string of the molecule is CN(C)C(=O)c1cc(Cl)c(F)c(CN)c1. The van der Waals surface area contributed by atoms with E-state index in [1.165, 1.54) is 17.0 Å². The summed E-state index contributed by atoms with van der Waals surface area (Å²) >= 11 is 5.65. The summed E-state index contributed by atoms with van der Waals surface area (Å²) in [5.41, 5.74) is 5.92. The maximum Gasteiger partial charge on any atom is 0.253 e. The maximum atomic E-state index is 13.3. The summed E-state index contributed by atoms with van der Waals surface area (Å²) in [6, 6.07) is 2.72. The van der Waals surface area contributed by atoms with Gasteiger partial charge >= 0.3 is 0 Å². The van der Waals surface area contributed by atoms with Crippen molar-refractivity contribution in [2.45, 2.75) is 6.54 Å². The van der Waals surface area contributed by atoms with Crippen molar-refractivity contribution < 1.29 is 9.18 Å². The van der Waals surface area contributed by atoms with Gasteiger partial charge in [-0.05, 0) is 12.1 Å². The van der Waals surface area contributed by atoms with Crippen LogP contribution in [0.15, 0.2) is 12.1 Å². The summed E-state index contributed by atoms with van der Waals surface area (Å²) in [5, 5.41) is -0.0804. The van der Waals surface area contributed by atoms with Crippen molar-refractivity contribution in [3.8, 4) is 0 Å². The maximum absolute atomic E-state index is 13.3. The number of carbonyl (C=O) groups is 1. The standard InChI is InChI=1S/C10H12ClFN2O/c1-14(2)10(15)6-3-7(5-13)9(12)8(11)4-6/h3-4H,5,13H2,1-2H3. The first kappa shape index (κ1) is 11.9. The van der Waals surface area contributed by atoms with Crippen molar-refractivity contribution in [3.63, 3.8) is 0 Å². The Kier molecular flexibility index (Phi) is 3.66. The number of rotatable bonds is 2. The highest BCUT2D eigenvalue weighted by Crippen LogP contribution is 2.21. The van der Waals surface area contributed by atoms with Crippen LogP contribution in [0.1, 0.15) is 15.9 Å². The van der Waals surface area contributed by atoms with Crippen LogP contribution >= 0.6 is 11.6 Å². The lowest BCUT2D eigenvalue weighted by atomic mass is 10.1. The second kappa shape index (κ2) is 4.59. The zero-order valence-electron chi connectivity index (χ0n) is 8.55. The first-order chi connectivity index (χ1) is 6.97. The Hall–Kier alpha value is -1.13. The van der Waals surface area contributed by atoms with Gasteiger partial charge in [-0.3, -0.25) is 4.79 Å². The van der Waals surface area contributed by atoms with Crippen LogP contribution in [-0.4, -0.2) is 24.9 Å². The fourth-order valence-corrected chi connectivity index (χ4v) is 1.42. The van der Waals surface area contributed by atoms with Crippen LogP contribution < -0.4 is 5.73 Å². The van der Waals surface area contributed by atoms with Gasteiger partial charge in [-0.2, -0.15) is 0 Å². The molecule has 0 saturated heterocycles. The summed E-state index contributed by atoms with van der Waals surface area (Å²) in [6.07, 6.45) is 0. The fourth-order valence-electron chi connectivity index (χ4n) is 1.18. The van der Waals surface area contributed by atoms with Crippen LogP contribution in [0.2, 0.25) is 5.02 Å². The highest BCUT2D eigenvalue weighted by molar-refractivity contribution is 6.31. The number of carbonyl (C=O) groups excluding carboxylic acids is 1. The van der Waals surface area contributed by atoms with Gasteiger partial charge in [0.05, 0.1) is 5.02 Å². The molecule has 0 aliphatic heterocycles. The Bertz CT molecular complexity index is 393. The van der Waals surface area contributed by atoms with Crippen molar-refractivity contribution in [2.24, 2.45) is 5.73 Å². The van der Waals surface area contributed by atoms with Gasteiger partial charge < -0.3 is 10.6 Å². The molecule has 0 aliphatic carbocycles. The minimum absolute atomic E-state index is 0.0140. The van der Waals surface area contributed by atoms with E-state index in [0.717, 1.165) is 0 Å². The molecular weight excluding hydrogens is 219 g/mol. The first-order valence-corrected chi connectivity index (χ1v) is 4.74. The van der Waals surface area contributed by atoms with Gasteiger partial charge in [0.2, 0.25) is 0 Å². The Morgan fingerprint density at radius 3 is 2.60 bits per heavy atom. The van der Waals surface area contributed by atoms with Crippen molar-refractivity contribution in [1.29, 1.82) is 0 Å². The number of nitrogens with zero attached hydrogens (tertiary/aromatic N) is 1. The third-order valence-corrected chi connectivity index (χ3v) is 2.25. The Labute approximate surface area is 92.6 Å². The Morgan fingerprint density at radius 1 is 1.53 bits per heavy atom. The van der Waals surface area contributed by atoms with Crippen LogP contribution in [0.4, 0.5) is 4.39 Å². The molecule has 1 amide bonds. The summed E-state index contributed by atoms with van der Waals surface area (Å²) in [4.78, 5) is 13.0.